The molecule has 2 N–H and O–H groups in total. The lowest BCUT2D eigenvalue weighted by atomic mass is 9.89. The Morgan fingerprint density at radius 2 is 1.71 bits per heavy atom. The van der Waals surface area contributed by atoms with Gasteiger partial charge in [0.25, 0.3) is 0 Å². The van der Waals surface area contributed by atoms with Crippen LogP contribution in [-0.4, -0.2) is 32.2 Å². The molecular formula is C24H29N3O4. The van der Waals surface area contributed by atoms with E-state index < -0.39 is 17.9 Å². The maximum atomic E-state index is 13.0. The van der Waals surface area contributed by atoms with Gasteiger partial charge in [0.1, 0.15) is 18.3 Å². The summed E-state index contributed by atoms with van der Waals surface area (Å²) in [6.07, 6.45) is 0. The lowest BCUT2D eigenvalue weighted by molar-refractivity contribution is -0.149. The SMILES string of the molecule is C=C1NC(=O)NC(c2ccc(N(CC)CC)cc2)C1C(=O)OCc1ccc(OC)cc1. The Kier molecular flexibility index (Phi) is 7.18. The zero-order valence-electron chi connectivity index (χ0n) is 18.2. The monoisotopic (exact) mass is 423 g/mol. The van der Waals surface area contributed by atoms with E-state index in [1.54, 1.807) is 7.11 Å². The van der Waals surface area contributed by atoms with Gasteiger partial charge in [-0.2, -0.15) is 0 Å². The predicted molar refractivity (Wildman–Crippen MR) is 120 cm³/mol. The van der Waals surface area contributed by atoms with Gasteiger partial charge in [-0.05, 0) is 49.2 Å². The van der Waals surface area contributed by atoms with Crippen molar-refractivity contribution in [3.63, 3.8) is 0 Å². The molecule has 3 rings (SSSR count). The number of methoxy groups -OCH3 is 1. The molecular weight excluding hydrogens is 394 g/mol. The second kappa shape index (κ2) is 10.0. The van der Waals surface area contributed by atoms with Crippen molar-refractivity contribution in [1.29, 1.82) is 0 Å². The molecule has 2 amide bonds. The Labute approximate surface area is 183 Å². The minimum atomic E-state index is -0.741. The van der Waals surface area contributed by atoms with Crippen molar-refractivity contribution in [3.8, 4) is 5.75 Å². The van der Waals surface area contributed by atoms with Crippen molar-refractivity contribution in [3.05, 3.63) is 71.9 Å². The van der Waals surface area contributed by atoms with E-state index in [1.807, 2.05) is 48.5 Å². The van der Waals surface area contributed by atoms with E-state index in [9.17, 15) is 9.59 Å². The molecule has 2 aromatic carbocycles. The molecule has 0 bridgehead atoms. The van der Waals surface area contributed by atoms with E-state index in [4.69, 9.17) is 9.47 Å². The zero-order valence-corrected chi connectivity index (χ0v) is 18.2. The minimum absolute atomic E-state index is 0.119. The van der Waals surface area contributed by atoms with Crippen molar-refractivity contribution in [1.82, 2.24) is 10.6 Å². The number of rotatable bonds is 8. The molecule has 2 aromatic rings. The number of nitrogens with one attached hydrogen (secondary N) is 2. The molecule has 2 atom stereocenters. The molecule has 0 saturated carbocycles. The summed E-state index contributed by atoms with van der Waals surface area (Å²) in [6.45, 7) is 10.0. The van der Waals surface area contributed by atoms with Gasteiger partial charge >= 0.3 is 12.0 Å². The van der Waals surface area contributed by atoms with E-state index in [0.29, 0.717) is 5.70 Å². The maximum absolute atomic E-state index is 13.0. The zero-order chi connectivity index (χ0) is 22.4. The molecule has 2 unspecified atom stereocenters. The third-order valence-corrected chi connectivity index (χ3v) is 5.44. The molecule has 1 heterocycles. The summed E-state index contributed by atoms with van der Waals surface area (Å²) in [7, 11) is 1.60. The van der Waals surface area contributed by atoms with E-state index in [2.05, 4.69) is 36.0 Å². The lowest BCUT2D eigenvalue weighted by Crippen LogP contribution is -2.51. The van der Waals surface area contributed by atoms with Crippen molar-refractivity contribution in [2.24, 2.45) is 5.92 Å². The molecule has 0 spiro atoms. The van der Waals surface area contributed by atoms with Gasteiger partial charge in [0.15, 0.2) is 0 Å². The topological polar surface area (TPSA) is 79.9 Å². The van der Waals surface area contributed by atoms with Gasteiger partial charge in [-0.3, -0.25) is 4.79 Å². The summed E-state index contributed by atoms with van der Waals surface area (Å²) in [5, 5.41) is 5.44. The highest BCUT2D eigenvalue weighted by atomic mass is 16.5. The molecule has 1 fully saturated rings. The average Bonchev–Trinajstić information content (AvgIpc) is 2.78. The van der Waals surface area contributed by atoms with Crippen LogP contribution in [0.15, 0.2) is 60.8 Å². The van der Waals surface area contributed by atoms with Crippen LogP contribution in [0.25, 0.3) is 0 Å². The molecule has 31 heavy (non-hydrogen) atoms. The highest BCUT2D eigenvalue weighted by molar-refractivity contribution is 5.85. The van der Waals surface area contributed by atoms with Gasteiger partial charge in [-0.15, -0.1) is 0 Å². The number of hydrogen-bond acceptors (Lipinski definition) is 5. The summed E-state index contributed by atoms with van der Waals surface area (Å²) in [5.74, 6) is -0.461. The number of hydrogen-bond donors (Lipinski definition) is 2. The quantitative estimate of drug-likeness (QED) is 0.632. The van der Waals surface area contributed by atoms with E-state index in [-0.39, 0.29) is 12.6 Å². The van der Waals surface area contributed by atoms with Gasteiger partial charge in [-0.1, -0.05) is 30.8 Å². The summed E-state index contributed by atoms with van der Waals surface area (Å²) < 4.78 is 10.7. The van der Waals surface area contributed by atoms with E-state index in [1.165, 1.54) is 0 Å². The van der Waals surface area contributed by atoms with Crippen LogP contribution < -0.4 is 20.3 Å². The third-order valence-electron chi connectivity index (χ3n) is 5.44. The number of urea groups is 1. The van der Waals surface area contributed by atoms with Crippen molar-refractivity contribution < 1.29 is 19.1 Å². The number of nitrogens with zero attached hydrogens (tertiary/aromatic N) is 1. The van der Waals surface area contributed by atoms with Crippen LogP contribution in [0.2, 0.25) is 0 Å². The van der Waals surface area contributed by atoms with Gasteiger partial charge in [0, 0.05) is 24.5 Å². The second-order valence-electron chi connectivity index (χ2n) is 7.30. The summed E-state index contributed by atoms with van der Waals surface area (Å²) in [5.41, 5.74) is 3.07. The number of carbonyl (C=O) groups is 2. The molecule has 1 aliphatic heterocycles. The normalized spacial score (nSPS) is 18.0. The van der Waals surface area contributed by atoms with E-state index in [0.717, 1.165) is 35.7 Å². The largest absolute Gasteiger partial charge is 0.497 e. The Morgan fingerprint density at radius 1 is 1.06 bits per heavy atom. The number of anilines is 1. The first-order chi connectivity index (χ1) is 15.0. The first-order valence-electron chi connectivity index (χ1n) is 10.4. The fourth-order valence-electron chi connectivity index (χ4n) is 3.69. The van der Waals surface area contributed by atoms with Crippen LogP contribution in [0.3, 0.4) is 0 Å². The predicted octanol–water partition coefficient (Wildman–Crippen LogP) is 3.77. The minimum Gasteiger partial charge on any atom is -0.497 e. The molecule has 0 aliphatic carbocycles. The molecule has 1 aliphatic rings. The van der Waals surface area contributed by atoms with Crippen molar-refractivity contribution in [2.75, 3.05) is 25.1 Å². The molecule has 0 radical (unpaired) electrons. The molecule has 164 valence electrons. The standard InChI is InChI=1S/C24H29N3O4/c1-5-27(6-2)19-11-9-18(10-12-19)22-21(16(3)25-24(29)26-22)23(28)31-15-17-7-13-20(30-4)14-8-17/h7-14,21-22H,3,5-6,15H2,1-2,4H3,(H2,25,26,29). The Balaban J connectivity index is 1.76. The number of amides is 2. The van der Waals surface area contributed by atoms with Crippen LogP contribution >= 0.6 is 0 Å². The second-order valence-corrected chi connectivity index (χ2v) is 7.30. The Hall–Kier alpha value is -3.48. The summed E-state index contributed by atoms with van der Waals surface area (Å²) in [4.78, 5) is 27.3. The van der Waals surface area contributed by atoms with Gasteiger partial charge in [0.05, 0.1) is 13.2 Å². The van der Waals surface area contributed by atoms with Gasteiger partial charge in [0.2, 0.25) is 0 Å². The summed E-state index contributed by atoms with van der Waals surface area (Å²) in [6, 6.07) is 14.2. The van der Waals surface area contributed by atoms with Crippen molar-refractivity contribution >= 4 is 17.7 Å². The number of benzene rings is 2. The van der Waals surface area contributed by atoms with Gasteiger partial charge in [-0.25, -0.2) is 4.79 Å². The fourth-order valence-corrected chi connectivity index (χ4v) is 3.69. The Bertz CT molecular complexity index is 921. The highest BCUT2D eigenvalue weighted by Gasteiger charge is 2.39. The first-order valence-corrected chi connectivity index (χ1v) is 10.4. The molecule has 7 heteroatoms. The third kappa shape index (κ3) is 5.17. The average molecular weight is 424 g/mol. The van der Waals surface area contributed by atoms with Crippen LogP contribution in [-0.2, 0) is 16.1 Å². The Morgan fingerprint density at radius 3 is 2.29 bits per heavy atom. The van der Waals surface area contributed by atoms with Gasteiger partial charge < -0.3 is 25.0 Å². The molecule has 7 nitrogen and oxygen atoms in total. The smallest absolute Gasteiger partial charge is 0.319 e. The summed E-state index contributed by atoms with van der Waals surface area (Å²) >= 11 is 0. The number of ether oxygens (including phenoxy) is 2. The fraction of sp³-hybridized carbons (Fsp3) is 0.333. The molecule has 1 saturated heterocycles. The first kappa shape index (κ1) is 22.2. The lowest BCUT2D eigenvalue weighted by Gasteiger charge is -2.33. The van der Waals surface area contributed by atoms with Crippen LogP contribution in [0.4, 0.5) is 10.5 Å². The molecule has 0 aromatic heterocycles. The number of esters is 1. The number of carbonyl (C=O) groups excluding carboxylic acids is 2. The van der Waals surface area contributed by atoms with E-state index >= 15 is 0 Å². The van der Waals surface area contributed by atoms with Crippen LogP contribution in [0.5, 0.6) is 5.75 Å². The van der Waals surface area contributed by atoms with Crippen LogP contribution in [0.1, 0.15) is 31.0 Å². The van der Waals surface area contributed by atoms with Crippen molar-refractivity contribution in [2.45, 2.75) is 26.5 Å². The maximum Gasteiger partial charge on any atom is 0.319 e. The highest BCUT2D eigenvalue weighted by Crippen LogP contribution is 2.31. The van der Waals surface area contributed by atoms with Crippen LogP contribution in [0, 0.1) is 5.92 Å².